The zero-order valence-corrected chi connectivity index (χ0v) is 10.3. The Morgan fingerprint density at radius 2 is 2.24 bits per heavy atom. The van der Waals surface area contributed by atoms with Crippen molar-refractivity contribution in [3.63, 3.8) is 0 Å². The molecule has 0 bridgehead atoms. The molecule has 0 aromatic heterocycles. The van der Waals surface area contributed by atoms with E-state index in [9.17, 15) is 9.18 Å². The Balaban J connectivity index is 1.78. The van der Waals surface area contributed by atoms with Gasteiger partial charge in [-0.2, -0.15) is 11.8 Å². The van der Waals surface area contributed by atoms with E-state index in [2.05, 4.69) is 0 Å². The second-order valence-corrected chi connectivity index (χ2v) is 5.68. The number of hydrogen-bond donors (Lipinski definition) is 1. The van der Waals surface area contributed by atoms with Gasteiger partial charge < -0.3 is 5.11 Å². The molecular weight excluding hydrogens is 239 g/mol. The van der Waals surface area contributed by atoms with Crippen LogP contribution in [0.15, 0.2) is 24.3 Å². The summed E-state index contributed by atoms with van der Waals surface area (Å²) in [4.78, 5) is 10.7. The number of carboxylic acids is 1. The molecule has 0 amide bonds. The maximum Gasteiger partial charge on any atom is 0.303 e. The fourth-order valence-corrected chi connectivity index (χ4v) is 3.22. The second kappa shape index (κ2) is 5.08. The van der Waals surface area contributed by atoms with Crippen LogP contribution in [0.4, 0.5) is 4.39 Å². The van der Waals surface area contributed by atoms with Crippen molar-refractivity contribution in [1.82, 2.24) is 0 Å². The van der Waals surface area contributed by atoms with Gasteiger partial charge in [0, 0.05) is 5.75 Å². The van der Waals surface area contributed by atoms with E-state index in [0.29, 0.717) is 0 Å². The SMILES string of the molecule is O=C(O)CC1(CSCc2cccc(F)c2)CC1. The number of thioether (sulfide) groups is 1. The van der Waals surface area contributed by atoms with Gasteiger partial charge in [0.1, 0.15) is 5.82 Å². The van der Waals surface area contributed by atoms with Gasteiger partial charge in [0.15, 0.2) is 0 Å². The van der Waals surface area contributed by atoms with E-state index < -0.39 is 5.97 Å². The highest BCUT2D eigenvalue weighted by Crippen LogP contribution is 2.51. The molecule has 1 aromatic rings. The monoisotopic (exact) mass is 254 g/mol. The van der Waals surface area contributed by atoms with Crippen LogP contribution < -0.4 is 0 Å². The first-order valence-electron chi connectivity index (χ1n) is 5.64. The van der Waals surface area contributed by atoms with Crippen LogP contribution in [0.1, 0.15) is 24.8 Å². The molecule has 0 heterocycles. The molecule has 2 rings (SSSR count). The van der Waals surface area contributed by atoms with E-state index in [4.69, 9.17) is 5.11 Å². The Morgan fingerprint density at radius 3 is 2.82 bits per heavy atom. The molecule has 1 aromatic carbocycles. The van der Waals surface area contributed by atoms with Gasteiger partial charge in [0.2, 0.25) is 0 Å². The van der Waals surface area contributed by atoms with Crippen molar-refractivity contribution in [2.24, 2.45) is 5.41 Å². The number of aliphatic carboxylic acids is 1. The minimum atomic E-state index is -0.714. The number of hydrogen-bond acceptors (Lipinski definition) is 2. The molecule has 1 fully saturated rings. The highest BCUT2D eigenvalue weighted by Gasteiger charge is 2.43. The third kappa shape index (κ3) is 3.73. The number of halogens is 1. The topological polar surface area (TPSA) is 37.3 Å². The molecule has 0 unspecified atom stereocenters. The van der Waals surface area contributed by atoms with Crippen molar-refractivity contribution >= 4 is 17.7 Å². The number of carbonyl (C=O) groups is 1. The minimum absolute atomic E-state index is 0.0177. The molecule has 0 radical (unpaired) electrons. The van der Waals surface area contributed by atoms with Gasteiger partial charge in [-0.15, -0.1) is 0 Å². The summed E-state index contributed by atoms with van der Waals surface area (Å²) in [6.45, 7) is 0. The third-order valence-electron chi connectivity index (χ3n) is 3.05. The summed E-state index contributed by atoms with van der Waals surface area (Å²) in [7, 11) is 0. The molecule has 0 aliphatic heterocycles. The fourth-order valence-electron chi connectivity index (χ4n) is 1.88. The van der Waals surface area contributed by atoms with Crippen LogP contribution in [0.2, 0.25) is 0 Å². The van der Waals surface area contributed by atoms with Crippen LogP contribution in [0.5, 0.6) is 0 Å². The molecule has 0 atom stereocenters. The summed E-state index contributed by atoms with van der Waals surface area (Å²) in [5, 5.41) is 8.78. The molecule has 1 N–H and O–H groups in total. The zero-order valence-electron chi connectivity index (χ0n) is 9.49. The van der Waals surface area contributed by atoms with Crippen molar-refractivity contribution in [2.45, 2.75) is 25.0 Å². The summed E-state index contributed by atoms with van der Waals surface area (Å²) in [6.07, 6.45) is 2.29. The van der Waals surface area contributed by atoms with E-state index in [1.165, 1.54) is 12.1 Å². The predicted octanol–water partition coefficient (Wildman–Crippen LogP) is 3.31. The molecule has 2 nitrogen and oxygen atoms in total. The van der Waals surface area contributed by atoms with Crippen LogP contribution in [-0.2, 0) is 10.5 Å². The molecule has 1 aliphatic carbocycles. The van der Waals surface area contributed by atoms with Crippen molar-refractivity contribution in [3.05, 3.63) is 35.6 Å². The number of carboxylic acid groups (broad SMARTS) is 1. The van der Waals surface area contributed by atoms with Gasteiger partial charge >= 0.3 is 5.97 Å². The lowest BCUT2D eigenvalue weighted by Gasteiger charge is -2.11. The summed E-state index contributed by atoms with van der Waals surface area (Å²) in [5.74, 6) is 0.679. The first kappa shape index (κ1) is 12.4. The van der Waals surface area contributed by atoms with Gasteiger partial charge in [-0.05, 0) is 41.7 Å². The van der Waals surface area contributed by atoms with Gasteiger partial charge in [0.05, 0.1) is 6.42 Å². The van der Waals surface area contributed by atoms with Crippen LogP contribution >= 0.6 is 11.8 Å². The maximum absolute atomic E-state index is 12.9. The lowest BCUT2D eigenvalue weighted by molar-refractivity contribution is -0.138. The van der Waals surface area contributed by atoms with Crippen molar-refractivity contribution < 1.29 is 14.3 Å². The van der Waals surface area contributed by atoms with Crippen LogP contribution in [-0.4, -0.2) is 16.8 Å². The Labute approximate surface area is 104 Å². The van der Waals surface area contributed by atoms with Crippen LogP contribution in [0.3, 0.4) is 0 Å². The summed E-state index contributed by atoms with van der Waals surface area (Å²) < 4.78 is 12.9. The molecule has 17 heavy (non-hydrogen) atoms. The minimum Gasteiger partial charge on any atom is -0.481 e. The molecule has 0 spiro atoms. The van der Waals surface area contributed by atoms with E-state index in [-0.39, 0.29) is 17.7 Å². The maximum atomic E-state index is 12.9. The Hall–Kier alpha value is -1.03. The number of rotatable bonds is 6. The van der Waals surface area contributed by atoms with E-state index >= 15 is 0 Å². The average molecular weight is 254 g/mol. The first-order chi connectivity index (χ1) is 8.10. The van der Waals surface area contributed by atoms with E-state index in [1.54, 1.807) is 17.8 Å². The Kier molecular flexibility index (Phi) is 3.72. The second-order valence-electron chi connectivity index (χ2n) is 4.69. The zero-order chi connectivity index (χ0) is 12.3. The summed E-state index contributed by atoms with van der Waals surface area (Å²) in [6, 6.07) is 6.56. The molecule has 1 aliphatic rings. The highest BCUT2D eigenvalue weighted by atomic mass is 32.2. The molecule has 0 saturated heterocycles. The van der Waals surface area contributed by atoms with Crippen molar-refractivity contribution in [2.75, 3.05) is 5.75 Å². The predicted molar refractivity (Wildman–Crippen MR) is 66.5 cm³/mol. The summed E-state index contributed by atoms with van der Waals surface area (Å²) in [5.41, 5.74) is 0.977. The molecule has 92 valence electrons. The Morgan fingerprint density at radius 1 is 1.47 bits per heavy atom. The lowest BCUT2D eigenvalue weighted by atomic mass is 10.1. The molecule has 1 saturated carbocycles. The average Bonchev–Trinajstić information content (AvgIpc) is 2.97. The highest BCUT2D eigenvalue weighted by molar-refractivity contribution is 7.98. The lowest BCUT2D eigenvalue weighted by Crippen LogP contribution is -2.11. The third-order valence-corrected chi connectivity index (χ3v) is 4.40. The molecular formula is C13H15FO2S. The van der Waals surface area contributed by atoms with Gasteiger partial charge in [-0.25, -0.2) is 4.39 Å². The smallest absolute Gasteiger partial charge is 0.303 e. The summed E-state index contributed by atoms with van der Waals surface area (Å²) >= 11 is 1.70. The Bertz CT molecular complexity index is 416. The quantitative estimate of drug-likeness (QED) is 0.846. The van der Waals surface area contributed by atoms with Gasteiger partial charge in [-0.1, -0.05) is 12.1 Å². The van der Waals surface area contributed by atoms with Crippen LogP contribution in [0, 0.1) is 11.2 Å². The van der Waals surface area contributed by atoms with Gasteiger partial charge in [-0.3, -0.25) is 4.79 Å². The van der Waals surface area contributed by atoms with Crippen molar-refractivity contribution in [1.29, 1.82) is 0 Å². The van der Waals surface area contributed by atoms with Crippen LogP contribution in [0.25, 0.3) is 0 Å². The standard InChI is InChI=1S/C13H15FO2S/c14-11-3-1-2-10(6-11)8-17-9-13(4-5-13)7-12(15)16/h1-3,6H,4-5,7-9H2,(H,15,16). The van der Waals surface area contributed by atoms with Crippen molar-refractivity contribution in [3.8, 4) is 0 Å². The first-order valence-corrected chi connectivity index (χ1v) is 6.79. The number of benzene rings is 1. The molecule has 4 heteroatoms. The van der Waals surface area contributed by atoms with Gasteiger partial charge in [0.25, 0.3) is 0 Å². The fraction of sp³-hybridized carbons (Fsp3) is 0.462. The normalized spacial score (nSPS) is 16.8. The van der Waals surface area contributed by atoms with E-state index in [0.717, 1.165) is 29.9 Å². The van der Waals surface area contributed by atoms with E-state index in [1.807, 2.05) is 6.07 Å². The largest absolute Gasteiger partial charge is 0.481 e.